The first-order valence-electron chi connectivity index (χ1n) is 31.9. The summed E-state index contributed by atoms with van der Waals surface area (Å²) in [6.07, 6.45) is 13.3. The number of hydrogen-bond acceptors (Lipinski definition) is 3. The first-order valence-corrected chi connectivity index (χ1v) is 31.9. The second-order valence-electron chi connectivity index (χ2n) is 26.8. The van der Waals surface area contributed by atoms with Crippen molar-refractivity contribution in [1.82, 2.24) is 0 Å². The molecule has 2 atom stereocenters. The van der Waals surface area contributed by atoms with E-state index in [9.17, 15) is 0 Å². The second kappa shape index (κ2) is 20.7. The Morgan fingerprint density at radius 2 is 0.953 bits per heavy atom. The Kier molecular flexibility index (Phi) is 12.7. The Balaban J connectivity index is 1.05. The van der Waals surface area contributed by atoms with Gasteiger partial charge in [-0.25, -0.2) is 0 Å². The molecule has 0 radical (unpaired) electrons. The van der Waals surface area contributed by atoms with Gasteiger partial charge in [0.25, 0.3) is 6.71 Å². The van der Waals surface area contributed by atoms with Gasteiger partial charge in [0.2, 0.25) is 0 Å². The van der Waals surface area contributed by atoms with Gasteiger partial charge in [-0.3, -0.25) is 0 Å². The summed E-state index contributed by atoms with van der Waals surface area (Å²) < 4.78 is 0. The van der Waals surface area contributed by atoms with Crippen LogP contribution in [0.2, 0.25) is 0 Å². The third kappa shape index (κ3) is 8.45. The Morgan fingerprint density at radius 1 is 0.477 bits per heavy atom. The quantitative estimate of drug-likeness (QED) is 0.0892. The fourth-order valence-corrected chi connectivity index (χ4v) is 17.1. The zero-order valence-corrected chi connectivity index (χ0v) is 50.1. The van der Waals surface area contributed by atoms with Gasteiger partial charge in [0.05, 0.1) is 11.2 Å². The van der Waals surface area contributed by atoms with Crippen molar-refractivity contribution in [3.63, 3.8) is 0 Å². The van der Waals surface area contributed by atoms with Gasteiger partial charge >= 0.3 is 0 Å². The average molecular weight is 1110 g/mol. The van der Waals surface area contributed by atoms with Crippen molar-refractivity contribution < 1.29 is 0 Å². The van der Waals surface area contributed by atoms with E-state index in [1.165, 1.54) is 149 Å². The number of fused-ring (bicyclic) bond motifs is 4. The van der Waals surface area contributed by atoms with E-state index in [0.717, 1.165) is 30.4 Å². The molecule has 2 saturated heterocycles. The van der Waals surface area contributed by atoms with Crippen molar-refractivity contribution in [3.8, 4) is 55.6 Å². The highest BCUT2D eigenvalue weighted by Crippen LogP contribution is 2.60. The largest absolute Gasteiger partial charge is 0.365 e. The predicted molar refractivity (Wildman–Crippen MR) is 366 cm³/mol. The number of rotatable bonds is 12. The third-order valence-corrected chi connectivity index (χ3v) is 20.9. The highest BCUT2D eigenvalue weighted by atomic mass is 15.3. The summed E-state index contributed by atoms with van der Waals surface area (Å²) in [5.41, 5.74) is 27.0. The molecule has 4 bridgehead atoms. The molecule has 3 aliphatic carbocycles. The molecule has 420 valence electrons. The Morgan fingerprint density at radius 3 is 1.51 bits per heavy atom. The molecular formula is C82H74BN3. The van der Waals surface area contributed by atoms with Crippen molar-refractivity contribution in [2.75, 3.05) is 14.7 Å². The van der Waals surface area contributed by atoms with Crippen LogP contribution in [0.1, 0.15) is 83.8 Å². The molecule has 10 aromatic rings. The van der Waals surface area contributed by atoms with Gasteiger partial charge in [-0.05, 0) is 182 Å². The van der Waals surface area contributed by atoms with Crippen LogP contribution in [0.3, 0.4) is 0 Å². The number of benzene rings is 10. The SMILES string of the molecule is C=CCC1(N2c3cc(N4C5CC6CC(C5)CC4C6)ccc3B3c4ccc(-c5ccccc5)cc4N(c4c(-c5ccccc5)cc(-c5ccccc5)cc4-c4ccccc4)c4cc(-c5ccc(C(C)(C)C)cc5)cc2c43)C(c2ccccc2)=C[C@H]1CC. The molecule has 3 nitrogen and oxygen atoms in total. The van der Waals surface area contributed by atoms with E-state index >= 15 is 0 Å². The molecule has 86 heavy (non-hydrogen) atoms. The number of anilines is 6. The summed E-state index contributed by atoms with van der Waals surface area (Å²) in [5.74, 6) is 1.97. The lowest BCUT2D eigenvalue weighted by Crippen LogP contribution is -2.67. The molecule has 2 saturated carbocycles. The van der Waals surface area contributed by atoms with Crippen LogP contribution in [0.4, 0.5) is 34.1 Å². The normalized spacial score (nSPS) is 21.3. The van der Waals surface area contributed by atoms with Crippen LogP contribution in [0.15, 0.2) is 255 Å². The smallest absolute Gasteiger partial charge is 0.252 e. The molecule has 4 aliphatic heterocycles. The van der Waals surface area contributed by atoms with E-state index in [4.69, 9.17) is 0 Å². The summed E-state index contributed by atoms with van der Waals surface area (Å²) in [6.45, 7) is 14.0. The number of piperidine rings is 2. The molecule has 7 aliphatic rings. The van der Waals surface area contributed by atoms with E-state index in [1.54, 1.807) is 0 Å². The van der Waals surface area contributed by atoms with Crippen molar-refractivity contribution in [1.29, 1.82) is 0 Å². The lowest BCUT2D eigenvalue weighted by molar-refractivity contribution is 0.0900. The summed E-state index contributed by atoms with van der Waals surface area (Å²) in [5, 5.41) is 0. The fourth-order valence-electron chi connectivity index (χ4n) is 17.1. The van der Waals surface area contributed by atoms with Crippen LogP contribution >= 0.6 is 0 Å². The third-order valence-electron chi connectivity index (χ3n) is 20.9. The van der Waals surface area contributed by atoms with E-state index in [1.807, 2.05) is 0 Å². The van der Waals surface area contributed by atoms with Gasteiger partial charge in [-0.1, -0.05) is 234 Å². The van der Waals surface area contributed by atoms with E-state index in [-0.39, 0.29) is 18.0 Å². The van der Waals surface area contributed by atoms with E-state index in [2.05, 4.69) is 298 Å². The molecule has 0 spiro atoms. The minimum atomic E-state index is -0.456. The van der Waals surface area contributed by atoms with Crippen molar-refractivity contribution in [3.05, 3.63) is 266 Å². The van der Waals surface area contributed by atoms with Crippen molar-refractivity contribution >= 4 is 62.8 Å². The lowest BCUT2D eigenvalue weighted by Gasteiger charge is -2.60. The minimum Gasteiger partial charge on any atom is -0.365 e. The second-order valence-corrected chi connectivity index (χ2v) is 26.8. The van der Waals surface area contributed by atoms with Gasteiger partial charge in [-0.2, -0.15) is 0 Å². The van der Waals surface area contributed by atoms with Crippen LogP contribution in [-0.2, 0) is 5.41 Å². The van der Waals surface area contributed by atoms with E-state index < -0.39 is 5.54 Å². The standard InChI is InChI=1S/C82H74BN3/c1-6-41-82(65(7-2)52-72(82)61-31-21-12-22-32-61)86-76-53-67(84-68-43-54-42-55(45-68)46-69(84)44-54)38-40-74(76)83-73-39-35-62(56-23-13-8-14-24-56)49-75(73)85(77-50-64(51-78(86)79(77)83)58-33-36-66(37-34-58)81(3,4)5)80-70(59-27-17-10-18-28-59)47-63(57-25-15-9-16-26-57)48-71(80)60-29-19-11-20-30-60/h6,8-40,47-55,65,68-69H,1,7,41-46H2,2-5H3/t54?,55?,65-,68?,69?,82?/m1/s1. The molecule has 1 unspecified atom stereocenters. The Labute approximate surface area is 510 Å². The zero-order valence-electron chi connectivity index (χ0n) is 50.1. The first kappa shape index (κ1) is 52.7. The molecule has 4 fully saturated rings. The minimum absolute atomic E-state index is 0.000293. The maximum atomic E-state index is 4.68. The zero-order chi connectivity index (χ0) is 57.8. The average Bonchev–Trinajstić information content (AvgIpc) is 0.698. The van der Waals surface area contributed by atoms with Crippen LogP contribution in [0.5, 0.6) is 0 Å². The van der Waals surface area contributed by atoms with Gasteiger partial charge in [-0.15, -0.1) is 6.58 Å². The molecule has 0 aromatic heterocycles. The molecule has 17 rings (SSSR count). The molecule has 10 aromatic carbocycles. The van der Waals surface area contributed by atoms with Gasteiger partial charge in [0, 0.05) is 57.6 Å². The Bertz CT molecular complexity index is 4170. The van der Waals surface area contributed by atoms with Crippen LogP contribution < -0.4 is 31.1 Å². The first-order chi connectivity index (χ1) is 42.1. The molecule has 4 heterocycles. The summed E-state index contributed by atoms with van der Waals surface area (Å²) in [6, 6.07) is 91.8. The van der Waals surface area contributed by atoms with Crippen LogP contribution in [-0.4, -0.2) is 24.3 Å². The summed E-state index contributed by atoms with van der Waals surface area (Å²) in [7, 11) is 0. The predicted octanol–water partition coefficient (Wildman–Crippen LogP) is 19.3. The number of hydrogen-bond donors (Lipinski definition) is 0. The fraction of sp³-hybridized carbons (Fsp3) is 0.220. The van der Waals surface area contributed by atoms with Gasteiger partial charge in [0.15, 0.2) is 0 Å². The van der Waals surface area contributed by atoms with Crippen molar-refractivity contribution in [2.45, 2.75) is 95.7 Å². The highest BCUT2D eigenvalue weighted by Gasteiger charge is 2.57. The molecule has 0 N–H and O–H groups in total. The van der Waals surface area contributed by atoms with Gasteiger partial charge < -0.3 is 14.7 Å². The monoisotopic (exact) mass is 1110 g/mol. The van der Waals surface area contributed by atoms with Crippen LogP contribution in [0.25, 0.3) is 61.2 Å². The lowest BCUT2D eigenvalue weighted by atomic mass is 9.33. The maximum Gasteiger partial charge on any atom is 0.252 e. The highest BCUT2D eigenvalue weighted by molar-refractivity contribution is 7.00. The molecular weight excluding hydrogens is 1040 g/mol. The summed E-state index contributed by atoms with van der Waals surface area (Å²) in [4.78, 5) is 8.57. The molecule has 0 amide bonds. The molecule has 4 heteroatoms. The van der Waals surface area contributed by atoms with Crippen molar-refractivity contribution in [2.24, 2.45) is 17.8 Å². The maximum absolute atomic E-state index is 4.68. The Hall–Kier alpha value is -8.86. The topological polar surface area (TPSA) is 9.72 Å². The number of nitrogens with zero attached hydrogens (tertiary/aromatic N) is 3. The van der Waals surface area contributed by atoms with E-state index in [0.29, 0.717) is 12.1 Å². The van der Waals surface area contributed by atoms with Crippen LogP contribution in [0, 0.1) is 17.8 Å². The summed E-state index contributed by atoms with van der Waals surface area (Å²) >= 11 is 0. The van der Waals surface area contributed by atoms with Gasteiger partial charge in [0.1, 0.15) is 0 Å².